The lowest BCUT2D eigenvalue weighted by Gasteiger charge is -2.10. The lowest BCUT2D eigenvalue weighted by molar-refractivity contribution is 0.416. The van der Waals surface area contributed by atoms with E-state index in [9.17, 15) is 0 Å². The van der Waals surface area contributed by atoms with Gasteiger partial charge >= 0.3 is 0 Å². The van der Waals surface area contributed by atoms with Gasteiger partial charge in [-0.05, 0) is 24.3 Å². The largest absolute Gasteiger partial charge is 0.494 e. The Morgan fingerprint density at radius 1 is 1.10 bits per heavy atom. The van der Waals surface area contributed by atoms with Crippen molar-refractivity contribution in [2.24, 2.45) is 0 Å². The summed E-state index contributed by atoms with van der Waals surface area (Å²) in [5, 5.41) is 9.60. The highest BCUT2D eigenvalue weighted by atomic mass is 35.5. The van der Waals surface area contributed by atoms with Crippen LogP contribution in [0.1, 0.15) is 0 Å². The summed E-state index contributed by atoms with van der Waals surface area (Å²) < 4.78 is 7.03. The Bertz CT molecular complexity index is 801. The molecule has 0 unspecified atom stereocenters. The van der Waals surface area contributed by atoms with Gasteiger partial charge in [0, 0.05) is 5.02 Å². The smallest absolute Gasteiger partial charge is 0.173 e. The van der Waals surface area contributed by atoms with Gasteiger partial charge in [0.25, 0.3) is 0 Å². The summed E-state index contributed by atoms with van der Waals surface area (Å²) in [6, 6.07) is 8.68. The molecule has 0 radical (unpaired) electrons. The number of pyridine rings is 1. The van der Waals surface area contributed by atoms with Gasteiger partial charge in [0.05, 0.1) is 17.7 Å². The third-order valence-corrected chi connectivity index (χ3v) is 3.63. The quantitative estimate of drug-likeness (QED) is 0.656. The first-order chi connectivity index (χ1) is 9.61. The number of hydrogen-bond donors (Lipinski definition) is 0. The Morgan fingerprint density at radius 2 is 1.90 bits per heavy atom. The molecule has 0 saturated heterocycles. The van der Waals surface area contributed by atoms with Crippen molar-refractivity contribution in [2.45, 2.75) is 0 Å². The second-order valence-electron chi connectivity index (χ2n) is 4.03. The average molecular weight is 329 g/mol. The summed E-state index contributed by atoms with van der Waals surface area (Å²) >= 11 is 18.4. The molecule has 0 aliphatic heterocycles. The molecule has 4 nitrogen and oxygen atoms in total. The number of ether oxygens (including phenoxy) is 1. The van der Waals surface area contributed by atoms with Crippen molar-refractivity contribution in [3.05, 3.63) is 45.5 Å². The van der Waals surface area contributed by atoms with Crippen molar-refractivity contribution >= 4 is 40.4 Å². The molecule has 2 heterocycles. The first-order valence-corrected chi connectivity index (χ1v) is 6.78. The molecule has 0 N–H and O–H groups in total. The van der Waals surface area contributed by atoms with Crippen LogP contribution in [0.25, 0.3) is 17.0 Å². The molecule has 0 saturated carbocycles. The summed E-state index contributed by atoms with van der Waals surface area (Å²) in [5.41, 5.74) is 1.26. The number of rotatable bonds is 2. The lowest BCUT2D eigenvalue weighted by atomic mass is 10.2. The Labute approximate surface area is 129 Å². The zero-order valence-corrected chi connectivity index (χ0v) is 12.5. The molecule has 3 rings (SSSR count). The first kappa shape index (κ1) is 13.5. The summed E-state index contributed by atoms with van der Waals surface area (Å²) in [6.45, 7) is 0. The molecule has 0 fully saturated rings. The number of benzene rings is 1. The molecule has 0 bridgehead atoms. The maximum atomic E-state index is 6.20. The molecule has 0 aliphatic rings. The SMILES string of the molecule is COc1c(Cl)cc(Cl)cc1-c1nnc2cccc(Cl)n12. The van der Waals surface area contributed by atoms with Crippen molar-refractivity contribution in [2.75, 3.05) is 7.11 Å². The van der Waals surface area contributed by atoms with E-state index in [4.69, 9.17) is 39.5 Å². The number of fused-ring (bicyclic) bond motifs is 1. The van der Waals surface area contributed by atoms with Gasteiger partial charge in [0.1, 0.15) is 10.9 Å². The predicted octanol–water partition coefficient (Wildman–Crippen LogP) is 4.37. The minimum absolute atomic E-state index is 0.402. The van der Waals surface area contributed by atoms with Crippen molar-refractivity contribution in [1.82, 2.24) is 14.6 Å². The van der Waals surface area contributed by atoms with Crippen LogP contribution < -0.4 is 4.74 Å². The fourth-order valence-corrected chi connectivity index (χ4v) is 2.82. The highest BCUT2D eigenvalue weighted by Crippen LogP contribution is 2.38. The minimum Gasteiger partial charge on any atom is -0.494 e. The van der Waals surface area contributed by atoms with Gasteiger partial charge in [-0.2, -0.15) is 0 Å². The van der Waals surface area contributed by atoms with E-state index in [-0.39, 0.29) is 0 Å². The van der Waals surface area contributed by atoms with E-state index in [1.807, 2.05) is 0 Å². The average Bonchev–Trinajstić information content (AvgIpc) is 2.83. The minimum atomic E-state index is 0.402. The molecule has 20 heavy (non-hydrogen) atoms. The lowest BCUT2D eigenvalue weighted by Crippen LogP contribution is -1.95. The van der Waals surface area contributed by atoms with Crippen LogP contribution in [0.2, 0.25) is 15.2 Å². The molecule has 3 aromatic rings. The molecule has 0 spiro atoms. The zero-order valence-electron chi connectivity index (χ0n) is 10.3. The number of nitrogens with zero attached hydrogens (tertiary/aromatic N) is 3. The molecule has 0 aliphatic carbocycles. The number of hydrogen-bond acceptors (Lipinski definition) is 3. The molecule has 0 amide bonds. The van der Waals surface area contributed by atoms with E-state index < -0.39 is 0 Å². The normalized spacial score (nSPS) is 11.0. The van der Waals surface area contributed by atoms with Crippen LogP contribution in [0.15, 0.2) is 30.3 Å². The van der Waals surface area contributed by atoms with Crippen molar-refractivity contribution in [3.8, 4) is 17.1 Å². The molecular weight excluding hydrogens is 321 g/mol. The second-order valence-corrected chi connectivity index (χ2v) is 5.27. The summed E-state index contributed by atoms with van der Waals surface area (Å²) in [5.74, 6) is 0.997. The van der Waals surface area contributed by atoms with E-state index in [1.165, 1.54) is 7.11 Å². The molecule has 7 heteroatoms. The van der Waals surface area contributed by atoms with Crippen LogP contribution in [0.4, 0.5) is 0 Å². The molecule has 2 aromatic heterocycles. The molecule has 102 valence electrons. The Hall–Kier alpha value is -1.49. The Balaban J connectivity index is 2.37. The Kier molecular flexibility index (Phi) is 3.46. The van der Waals surface area contributed by atoms with Crippen LogP contribution in [0.3, 0.4) is 0 Å². The van der Waals surface area contributed by atoms with Gasteiger partial charge in [-0.1, -0.05) is 40.9 Å². The fraction of sp³-hybridized carbons (Fsp3) is 0.0769. The van der Waals surface area contributed by atoms with Gasteiger partial charge in [-0.15, -0.1) is 10.2 Å². The molecule has 0 atom stereocenters. The van der Waals surface area contributed by atoms with Crippen molar-refractivity contribution < 1.29 is 4.74 Å². The van der Waals surface area contributed by atoms with Gasteiger partial charge in [0.15, 0.2) is 11.5 Å². The predicted molar refractivity (Wildman–Crippen MR) is 80.0 cm³/mol. The van der Waals surface area contributed by atoms with E-state index >= 15 is 0 Å². The standard InChI is InChI=1S/C13H8Cl3N3O/c1-20-12-8(5-7(14)6-9(12)15)13-18-17-11-4-2-3-10(16)19(11)13/h2-6H,1H3. The van der Waals surface area contributed by atoms with Gasteiger partial charge < -0.3 is 4.74 Å². The highest BCUT2D eigenvalue weighted by molar-refractivity contribution is 6.36. The van der Waals surface area contributed by atoms with E-state index in [1.54, 1.807) is 34.7 Å². The van der Waals surface area contributed by atoms with E-state index in [0.29, 0.717) is 38.0 Å². The van der Waals surface area contributed by atoms with Crippen LogP contribution in [0.5, 0.6) is 5.75 Å². The van der Waals surface area contributed by atoms with Gasteiger partial charge in [-0.25, -0.2) is 0 Å². The van der Waals surface area contributed by atoms with Crippen molar-refractivity contribution in [3.63, 3.8) is 0 Å². The van der Waals surface area contributed by atoms with Crippen LogP contribution in [-0.2, 0) is 0 Å². The maximum Gasteiger partial charge on any atom is 0.173 e. The topological polar surface area (TPSA) is 39.4 Å². The van der Waals surface area contributed by atoms with Crippen molar-refractivity contribution in [1.29, 1.82) is 0 Å². The second kappa shape index (κ2) is 5.13. The number of methoxy groups -OCH3 is 1. The van der Waals surface area contributed by atoms with Gasteiger partial charge in [0.2, 0.25) is 0 Å². The molecular formula is C13H8Cl3N3O. The first-order valence-electron chi connectivity index (χ1n) is 5.65. The number of halogens is 3. The third kappa shape index (κ3) is 2.10. The maximum absolute atomic E-state index is 6.20. The van der Waals surface area contributed by atoms with Crippen LogP contribution in [0, 0.1) is 0 Å². The van der Waals surface area contributed by atoms with Crippen LogP contribution >= 0.6 is 34.8 Å². The van der Waals surface area contributed by atoms with Gasteiger partial charge in [-0.3, -0.25) is 4.40 Å². The van der Waals surface area contributed by atoms with E-state index in [0.717, 1.165) is 0 Å². The van der Waals surface area contributed by atoms with E-state index in [2.05, 4.69) is 10.2 Å². The Morgan fingerprint density at radius 3 is 2.65 bits per heavy atom. The fourth-order valence-electron chi connectivity index (χ4n) is 2.01. The molecule has 1 aromatic carbocycles. The summed E-state index contributed by atoms with van der Waals surface area (Å²) in [6.07, 6.45) is 0. The van der Waals surface area contributed by atoms with Crippen LogP contribution in [-0.4, -0.2) is 21.7 Å². The number of aromatic nitrogens is 3. The zero-order chi connectivity index (χ0) is 14.3. The third-order valence-electron chi connectivity index (χ3n) is 2.83. The summed E-state index contributed by atoms with van der Waals surface area (Å²) in [4.78, 5) is 0. The summed E-state index contributed by atoms with van der Waals surface area (Å²) in [7, 11) is 1.53. The highest BCUT2D eigenvalue weighted by Gasteiger charge is 2.18. The monoisotopic (exact) mass is 327 g/mol.